The van der Waals surface area contributed by atoms with E-state index in [1.165, 1.54) is 17.4 Å². The van der Waals surface area contributed by atoms with E-state index in [0.29, 0.717) is 16.1 Å². The van der Waals surface area contributed by atoms with Crippen LogP contribution in [-0.2, 0) is 24.2 Å². The van der Waals surface area contributed by atoms with Crippen LogP contribution in [0.3, 0.4) is 0 Å². The van der Waals surface area contributed by atoms with Crippen LogP contribution in [-0.4, -0.2) is 49.7 Å². The number of aryl methyl sites for hydroxylation is 1. The number of piperidine rings is 1. The molecule has 3 N–H and O–H groups in total. The van der Waals surface area contributed by atoms with Gasteiger partial charge >= 0.3 is 6.18 Å². The van der Waals surface area contributed by atoms with E-state index in [9.17, 15) is 27.9 Å². The number of pyridine rings is 1. The van der Waals surface area contributed by atoms with Crippen molar-refractivity contribution >= 4 is 23.2 Å². The van der Waals surface area contributed by atoms with Gasteiger partial charge in [-0.2, -0.15) is 18.3 Å². The fraction of sp³-hybridized carbons (Fsp3) is 0.375. The summed E-state index contributed by atoms with van der Waals surface area (Å²) in [5, 5.41) is 13.9. The van der Waals surface area contributed by atoms with Gasteiger partial charge in [0, 0.05) is 29.4 Å². The van der Waals surface area contributed by atoms with Gasteiger partial charge in [-0.25, -0.2) is 9.67 Å². The lowest BCUT2D eigenvalue weighted by molar-refractivity contribution is -0.143. The number of primary amides is 1. The van der Waals surface area contributed by atoms with Crippen molar-refractivity contribution in [1.29, 1.82) is 0 Å². The van der Waals surface area contributed by atoms with Crippen molar-refractivity contribution in [2.24, 2.45) is 11.7 Å². The molecule has 0 bridgehead atoms. The Labute approximate surface area is 261 Å². The highest BCUT2D eigenvalue weighted by molar-refractivity contribution is 7.15. The third kappa shape index (κ3) is 6.45. The van der Waals surface area contributed by atoms with E-state index in [0.717, 1.165) is 71.4 Å². The van der Waals surface area contributed by atoms with Gasteiger partial charge in [-0.15, -0.1) is 11.3 Å². The van der Waals surface area contributed by atoms with E-state index in [1.54, 1.807) is 12.1 Å². The molecule has 1 saturated heterocycles. The molecule has 13 heteroatoms. The second kappa shape index (κ2) is 12.3. The lowest BCUT2D eigenvalue weighted by atomic mass is 9.86. The molecule has 2 amide bonds. The summed E-state index contributed by atoms with van der Waals surface area (Å²) in [5.74, 6) is -0.0356. The van der Waals surface area contributed by atoms with Crippen molar-refractivity contribution in [3.63, 3.8) is 0 Å². The van der Waals surface area contributed by atoms with Gasteiger partial charge in [-0.1, -0.05) is 12.1 Å². The van der Waals surface area contributed by atoms with Crippen molar-refractivity contribution in [3.05, 3.63) is 81.5 Å². The molecule has 0 atom stereocenters. The average Bonchev–Trinajstić information content (AvgIpc) is 3.65. The number of carbonyl (C=O) groups is 2. The molecule has 45 heavy (non-hydrogen) atoms. The molecule has 0 radical (unpaired) electrons. The number of halogens is 3. The zero-order valence-corrected chi connectivity index (χ0v) is 25.3. The number of likely N-dealkylation sites (tertiary alicyclic amines) is 1. The number of ether oxygens (including phenoxy) is 1. The number of aliphatic hydroxyl groups excluding tert-OH is 1. The summed E-state index contributed by atoms with van der Waals surface area (Å²) < 4.78 is 48.3. The van der Waals surface area contributed by atoms with Crippen LogP contribution in [0.25, 0.3) is 16.4 Å². The third-order valence-corrected chi connectivity index (χ3v) is 9.39. The Bertz CT molecular complexity index is 1740. The minimum Gasteiger partial charge on any atom is -0.489 e. The zero-order chi connectivity index (χ0) is 31.9. The SMILES string of the molecule is Cc1cc(COc2ccc(C3CCN(C(=O)C4CC4)CC3)c(CO)c2)c(-c2cccc(-n3ncc(C(N)=O)c3C(F)(F)F)n2)s1. The predicted octanol–water partition coefficient (Wildman–Crippen LogP) is 5.61. The quantitative estimate of drug-likeness (QED) is 0.246. The number of carbonyl (C=O) groups excluding carboxylic acids is 2. The molecule has 2 fully saturated rings. The number of nitrogens with zero attached hydrogens (tertiary/aromatic N) is 4. The fourth-order valence-electron chi connectivity index (χ4n) is 5.90. The van der Waals surface area contributed by atoms with Gasteiger partial charge in [-0.3, -0.25) is 9.59 Å². The van der Waals surface area contributed by atoms with Gasteiger partial charge in [0.2, 0.25) is 5.91 Å². The Hall–Kier alpha value is -4.23. The minimum atomic E-state index is -4.88. The van der Waals surface area contributed by atoms with Gasteiger partial charge in [0.05, 0.1) is 28.9 Å². The smallest absolute Gasteiger partial charge is 0.434 e. The second-order valence-electron chi connectivity index (χ2n) is 11.5. The molecule has 3 aromatic heterocycles. The van der Waals surface area contributed by atoms with Crippen LogP contribution in [0.4, 0.5) is 13.2 Å². The van der Waals surface area contributed by atoms with Crippen molar-refractivity contribution in [3.8, 4) is 22.1 Å². The maximum absolute atomic E-state index is 13.9. The van der Waals surface area contributed by atoms with Crippen molar-refractivity contribution in [2.45, 2.75) is 57.9 Å². The number of amides is 2. The van der Waals surface area contributed by atoms with E-state index in [4.69, 9.17) is 10.5 Å². The Morgan fingerprint density at radius 1 is 1.09 bits per heavy atom. The highest BCUT2D eigenvalue weighted by atomic mass is 32.1. The average molecular weight is 640 g/mol. The summed E-state index contributed by atoms with van der Waals surface area (Å²) in [7, 11) is 0. The third-order valence-electron chi connectivity index (χ3n) is 8.27. The maximum Gasteiger partial charge on any atom is 0.434 e. The molecule has 0 unspecified atom stereocenters. The molecule has 4 heterocycles. The van der Waals surface area contributed by atoms with Crippen LogP contribution in [0.1, 0.15) is 69.2 Å². The first-order chi connectivity index (χ1) is 21.5. The van der Waals surface area contributed by atoms with Crippen molar-refractivity contribution in [1.82, 2.24) is 19.7 Å². The monoisotopic (exact) mass is 639 g/mol. The molecule has 0 spiro atoms. The molecule has 1 aromatic carbocycles. The summed E-state index contributed by atoms with van der Waals surface area (Å²) in [5.41, 5.74) is 6.20. The summed E-state index contributed by atoms with van der Waals surface area (Å²) in [4.78, 5) is 32.2. The van der Waals surface area contributed by atoms with Crippen molar-refractivity contribution < 1.29 is 32.6 Å². The summed E-state index contributed by atoms with van der Waals surface area (Å²) >= 11 is 1.43. The first-order valence-corrected chi connectivity index (χ1v) is 15.5. The minimum absolute atomic E-state index is 0.115. The number of aliphatic hydroxyl groups is 1. The van der Waals surface area contributed by atoms with E-state index in [2.05, 4.69) is 10.1 Å². The Morgan fingerprint density at radius 3 is 2.51 bits per heavy atom. The number of alkyl halides is 3. The van der Waals surface area contributed by atoms with Gasteiger partial charge in [0.25, 0.3) is 5.91 Å². The van der Waals surface area contributed by atoms with Crippen LogP contribution in [0, 0.1) is 12.8 Å². The normalized spacial score (nSPS) is 15.8. The van der Waals surface area contributed by atoms with Crippen LogP contribution >= 0.6 is 11.3 Å². The van der Waals surface area contributed by atoms with Crippen LogP contribution in [0.15, 0.2) is 48.7 Å². The second-order valence-corrected chi connectivity index (χ2v) is 12.7. The predicted molar refractivity (Wildman–Crippen MR) is 161 cm³/mol. The first-order valence-electron chi connectivity index (χ1n) is 14.7. The number of hydrogen-bond acceptors (Lipinski definition) is 7. The zero-order valence-electron chi connectivity index (χ0n) is 24.5. The number of nitrogens with two attached hydrogens (primary N) is 1. The Balaban J connectivity index is 1.19. The molecule has 1 aliphatic heterocycles. The van der Waals surface area contributed by atoms with E-state index < -0.39 is 23.3 Å². The summed E-state index contributed by atoms with van der Waals surface area (Å²) in [6, 6.07) is 12.3. The van der Waals surface area contributed by atoms with E-state index in [-0.39, 0.29) is 36.8 Å². The highest BCUT2D eigenvalue weighted by Gasteiger charge is 2.40. The van der Waals surface area contributed by atoms with Gasteiger partial charge < -0.3 is 20.5 Å². The summed E-state index contributed by atoms with van der Waals surface area (Å²) in [6.45, 7) is 3.39. The highest BCUT2D eigenvalue weighted by Crippen LogP contribution is 2.38. The molecule has 9 nitrogen and oxygen atoms in total. The lowest BCUT2D eigenvalue weighted by Gasteiger charge is -2.33. The van der Waals surface area contributed by atoms with Crippen molar-refractivity contribution in [2.75, 3.05) is 13.1 Å². The number of benzene rings is 1. The molecule has 236 valence electrons. The van der Waals surface area contributed by atoms with Gasteiger partial charge in [-0.05, 0) is 80.0 Å². The number of rotatable bonds is 9. The fourth-order valence-corrected chi connectivity index (χ4v) is 6.89. The van der Waals surface area contributed by atoms with Crippen LogP contribution in [0.5, 0.6) is 5.75 Å². The summed E-state index contributed by atoms with van der Waals surface area (Å²) in [6.07, 6.45) is -0.398. The number of aromatic nitrogens is 3. The standard InChI is InChI=1S/C32H32F3N5O4S/c1-18-13-22(28(45-18)26-3-2-4-27(38-26)40-29(32(33,34)35)25(15-37-40)30(36)42)17-44-23-7-8-24(21(14-23)16-41)19-9-11-39(12-10-19)31(43)20-5-6-20/h2-4,7-8,13-15,19-20,41H,5-6,9-12,16-17H2,1H3,(H2,36,42). The van der Waals surface area contributed by atoms with E-state index in [1.807, 2.05) is 36.1 Å². The van der Waals surface area contributed by atoms with Crippen LogP contribution < -0.4 is 10.5 Å². The lowest BCUT2D eigenvalue weighted by Crippen LogP contribution is -2.38. The van der Waals surface area contributed by atoms with Gasteiger partial charge in [0.15, 0.2) is 11.5 Å². The largest absolute Gasteiger partial charge is 0.489 e. The first kappa shape index (κ1) is 30.8. The molecule has 1 aliphatic carbocycles. The number of thiophene rings is 1. The number of hydrogen-bond donors (Lipinski definition) is 2. The molecular weight excluding hydrogens is 607 g/mol. The van der Waals surface area contributed by atoms with E-state index >= 15 is 0 Å². The molecule has 2 aliphatic rings. The van der Waals surface area contributed by atoms with Gasteiger partial charge in [0.1, 0.15) is 12.4 Å². The molecule has 6 rings (SSSR count). The van der Waals surface area contributed by atoms with Crippen LogP contribution in [0.2, 0.25) is 0 Å². The molecule has 4 aromatic rings. The maximum atomic E-state index is 13.9. The molecular formula is C32H32F3N5O4S. The molecule has 1 saturated carbocycles. The Morgan fingerprint density at radius 2 is 1.84 bits per heavy atom. The Kier molecular flexibility index (Phi) is 8.40. The topological polar surface area (TPSA) is 124 Å².